The molecule has 2 N–H and O–H groups in total. The molecule has 0 aliphatic heterocycles. The lowest BCUT2D eigenvalue weighted by atomic mass is 10.1. The third kappa shape index (κ3) is 7.77. The summed E-state index contributed by atoms with van der Waals surface area (Å²) < 4.78 is 0. The van der Waals surface area contributed by atoms with Gasteiger partial charge in [0.2, 0.25) is 0 Å². The van der Waals surface area contributed by atoms with Crippen molar-refractivity contribution in [1.29, 1.82) is 0 Å². The molecule has 0 aromatic carbocycles. The van der Waals surface area contributed by atoms with Crippen LogP contribution < -0.4 is 5.73 Å². The molecule has 0 aliphatic carbocycles. The van der Waals surface area contributed by atoms with E-state index in [0.717, 1.165) is 26.2 Å². The van der Waals surface area contributed by atoms with Gasteiger partial charge in [-0.15, -0.1) is 0 Å². The molecule has 3 nitrogen and oxygen atoms in total. The highest BCUT2D eigenvalue weighted by Gasteiger charge is 2.12. The zero-order chi connectivity index (χ0) is 11.8. The lowest BCUT2D eigenvalue weighted by molar-refractivity contribution is 0.215. The third-order valence-corrected chi connectivity index (χ3v) is 2.73. The van der Waals surface area contributed by atoms with Crippen molar-refractivity contribution in [2.24, 2.45) is 11.7 Å². The fourth-order valence-corrected chi connectivity index (χ4v) is 1.46. The smallest absolute Gasteiger partial charge is 0.0191 e. The lowest BCUT2D eigenvalue weighted by Gasteiger charge is -2.28. The molecule has 3 heteroatoms. The van der Waals surface area contributed by atoms with Crippen LogP contribution in [0.1, 0.15) is 27.2 Å². The second kappa shape index (κ2) is 8.08. The second-order valence-electron chi connectivity index (χ2n) is 5.01. The average molecular weight is 215 g/mol. The summed E-state index contributed by atoms with van der Waals surface area (Å²) in [5.41, 5.74) is 6.10. The van der Waals surface area contributed by atoms with Gasteiger partial charge in [-0.3, -0.25) is 0 Å². The third-order valence-electron chi connectivity index (χ3n) is 2.73. The Morgan fingerprint density at radius 1 is 1.07 bits per heavy atom. The molecule has 0 spiro atoms. The molecule has 1 unspecified atom stereocenters. The number of rotatable bonds is 8. The van der Waals surface area contributed by atoms with E-state index in [2.05, 4.69) is 44.7 Å². The Morgan fingerprint density at radius 3 is 2.07 bits per heavy atom. The first kappa shape index (κ1) is 14.9. The summed E-state index contributed by atoms with van der Waals surface area (Å²) in [7, 11) is 4.24. The van der Waals surface area contributed by atoms with Crippen molar-refractivity contribution >= 4 is 0 Å². The normalized spacial score (nSPS) is 14.2. The van der Waals surface area contributed by atoms with E-state index < -0.39 is 0 Å². The van der Waals surface area contributed by atoms with Crippen molar-refractivity contribution in [1.82, 2.24) is 9.80 Å². The molecule has 0 radical (unpaired) electrons. The standard InChI is InChI=1S/C12H29N3/c1-6-7-15(9-8-14(4)5)10-12(13)11(2)3/h11-12H,6-10,13H2,1-5H3. The predicted molar refractivity (Wildman–Crippen MR) is 68.1 cm³/mol. The summed E-state index contributed by atoms with van der Waals surface area (Å²) >= 11 is 0. The largest absolute Gasteiger partial charge is 0.326 e. The van der Waals surface area contributed by atoms with Crippen molar-refractivity contribution in [3.05, 3.63) is 0 Å². The van der Waals surface area contributed by atoms with Gasteiger partial charge >= 0.3 is 0 Å². The number of likely N-dealkylation sites (N-methyl/N-ethyl adjacent to an activating group) is 1. The van der Waals surface area contributed by atoms with E-state index in [1.165, 1.54) is 6.42 Å². The van der Waals surface area contributed by atoms with E-state index in [0.29, 0.717) is 12.0 Å². The molecule has 0 bridgehead atoms. The first-order chi connectivity index (χ1) is 6.97. The first-order valence-electron chi connectivity index (χ1n) is 6.10. The summed E-state index contributed by atoms with van der Waals surface area (Å²) in [6.07, 6.45) is 1.21. The fourth-order valence-electron chi connectivity index (χ4n) is 1.46. The van der Waals surface area contributed by atoms with E-state index in [1.54, 1.807) is 0 Å². The molecule has 0 aromatic rings. The van der Waals surface area contributed by atoms with Gasteiger partial charge in [0.15, 0.2) is 0 Å². The zero-order valence-corrected chi connectivity index (χ0v) is 11.2. The van der Waals surface area contributed by atoms with Gasteiger partial charge in [0.05, 0.1) is 0 Å². The van der Waals surface area contributed by atoms with Crippen LogP contribution in [-0.4, -0.2) is 56.1 Å². The van der Waals surface area contributed by atoms with Gasteiger partial charge in [0.1, 0.15) is 0 Å². The molecule has 92 valence electrons. The van der Waals surface area contributed by atoms with Crippen LogP contribution in [-0.2, 0) is 0 Å². The molecule has 0 amide bonds. The maximum Gasteiger partial charge on any atom is 0.0191 e. The number of hydrogen-bond acceptors (Lipinski definition) is 3. The fraction of sp³-hybridized carbons (Fsp3) is 1.00. The van der Waals surface area contributed by atoms with Gasteiger partial charge in [0.25, 0.3) is 0 Å². The van der Waals surface area contributed by atoms with Gasteiger partial charge in [-0.05, 0) is 33.0 Å². The molecule has 0 fully saturated rings. The van der Waals surface area contributed by atoms with Crippen molar-refractivity contribution in [2.45, 2.75) is 33.2 Å². The van der Waals surface area contributed by atoms with Crippen molar-refractivity contribution in [3.8, 4) is 0 Å². The highest BCUT2D eigenvalue weighted by Crippen LogP contribution is 2.02. The summed E-state index contributed by atoms with van der Waals surface area (Å²) in [6, 6.07) is 0.304. The van der Waals surface area contributed by atoms with Gasteiger partial charge < -0.3 is 15.5 Å². The number of nitrogens with two attached hydrogens (primary N) is 1. The molecule has 15 heavy (non-hydrogen) atoms. The minimum atomic E-state index is 0.304. The molecule has 0 saturated heterocycles. The Labute approximate surface area is 95.6 Å². The molecular formula is C12H29N3. The molecular weight excluding hydrogens is 186 g/mol. The van der Waals surface area contributed by atoms with E-state index in [-0.39, 0.29) is 0 Å². The van der Waals surface area contributed by atoms with Crippen LogP contribution in [0, 0.1) is 5.92 Å². The van der Waals surface area contributed by atoms with Crippen molar-refractivity contribution in [3.63, 3.8) is 0 Å². The van der Waals surface area contributed by atoms with E-state index in [9.17, 15) is 0 Å². The zero-order valence-electron chi connectivity index (χ0n) is 11.2. The van der Waals surface area contributed by atoms with Crippen LogP contribution in [0.4, 0.5) is 0 Å². The number of nitrogens with zero attached hydrogens (tertiary/aromatic N) is 2. The topological polar surface area (TPSA) is 32.5 Å². The Bertz CT molecular complexity index is 146. The number of hydrogen-bond donors (Lipinski definition) is 1. The summed E-state index contributed by atoms with van der Waals surface area (Å²) in [6.45, 7) is 11.0. The Morgan fingerprint density at radius 2 is 1.67 bits per heavy atom. The minimum absolute atomic E-state index is 0.304. The van der Waals surface area contributed by atoms with Crippen LogP contribution in [0.15, 0.2) is 0 Å². The predicted octanol–water partition coefficient (Wildman–Crippen LogP) is 1.24. The van der Waals surface area contributed by atoms with Gasteiger partial charge in [-0.25, -0.2) is 0 Å². The van der Waals surface area contributed by atoms with Gasteiger partial charge in [-0.2, -0.15) is 0 Å². The average Bonchev–Trinajstić information content (AvgIpc) is 2.14. The second-order valence-corrected chi connectivity index (χ2v) is 5.01. The van der Waals surface area contributed by atoms with Gasteiger partial charge in [-0.1, -0.05) is 20.8 Å². The van der Waals surface area contributed by atoms with Crippen LogP contribution in [0.3, 0.4) is 0 Å². The van der Waals surface area contributed by atoms with E-state index in [1.807, 2.05) is 0 Å². The molecule has 0 saturated carbocycles. The maximum absolute atomic E-state index is 6.10. The summed E-state index contributed by atoms with van der Waals surface area (Å²) in [5.74, 6) is 0.573. The van der Waals surface area contributed by atoms with E-state index in [4.69, 9.17) is 5.73 Å². The minimum Gasteiger partial charge on any atom is -0.326 e. The Hall–Kier alpha value is -0.120. The Kier molecular flexibility index (Phi) is 8.02. The molecule has 0 aliphatic rings. The van der Waals surface area contributed by atoms with Crippen molar-refractivity contribution in [2.75, 3.05) is 40.3 Å². The monoisotopic (exact) mass is 215 g/mol. The van der Waals surface area contributed by atoms with Crippen LogP contribution in [0.2, 0.25) is 0 Å². The highest BCUT2D eigenvalue weighted by atomic mass is 15.2. The maximum atomic E-state index is 6.10. The SMILES string of the molecule is CCCN(CCN(C)C)CC(N)C(C)C. The van der Waals surface area contributed by atoms with Gasteiger partial charge in [0, 0.05) is 25.7 Å². The van der Waals surface area contributed by atoms with Crippen LogP contribution in [0.25, 0.3) is 0 Å². The summed E-state index contributed by atoms with van der Waals surface area (Å²) in [5, 5.41) is 0. The van der Waals surface area contributed by atoms with Crippen molar-refractivity contribution < 1.29 is 0 Å². The molecule has 1 atom stereocenters. The summed E-state index contributed by atoms with van der Waals surface area (Å²) in [4.78, 5) is 4.70. The lowest BCUT2D eigenvalue weighted by Crippen LogP contribution is -2.43. The quantitative estimate of drug-likeness (QED) is 0.661. The molecule has 0 rings (SSSR count). The molecule has 0 aromatic heterocycles. The van der Waals surface area contributed by atoms with Crippen LogP contribution >= 0.6 is 0 Å². The highest BCUT2D eigenvalue weighted by molar-refractivity contribution is 4.71. The van der Waals surface area contributed by atoms with Crippen LogP contribution in [0.5, 0.6) is 0 Å². The first-order valence-corrected chi connectivity index (χ1v) is 6.10. The Balaban J connectivity index is 3.91. The molecule has 0 heterocycles. The van der Waals surface area contributed by atoms with E-state index >= 15 is 0 Å².